The van der Waals surface area contributed by atoms with Crippen molar-refractivity contribution in [2.45, 2.75) is 18.2 Å². The van der Waals surface area contributed by atoms with Crippen molar-refractivity contribution in [2.75, 3.05) is 6.61 Å². The lowest BCUT2D eigenvalue weighted by molar-refractivity contribution is 0.0692. The summed E-state index contributed by atoms with van der Waals surface area (Å²) in [5, 5.41) is 9.01. The van der Waals surface area contributed by atoms with E-state index in [9.17, 15) is 13.2 Å². The van der Waals surface area contributed by atoms with Gasteiger partial charge in [0.05, 0.1) is 11.5 Å². The fraction of sp³-hybridized carbons (Fsp3) is 0.250. The largest absolute Gasteiger partial charge is 0.492 e. The minimum atomic E-state index is -3.97. The van der Waals surface area contributed by atoms with Gasteiger partial charge in [-0.05, 0) is 25.1 Å². The van der Waals surface area contributed by atoms with Gasteiger partial charge in [-0.2, -0.15) is 0 Å². The molecule has 1 N–H and O–H groups in total. The van der Waals surface area contributed by atoms with Gasteiger partial charge in [-0.15, -0.1) is 11.8 Å². The van der Waals surface area contributed by atoms with Crippen molar-refractivity contribution in [3.8, 4) is 17.6 Å². The van der Waals surface area contributed by atoms with E-state index in [-0.39, 0.29) is 22.8 Å². The van der Waals surface area contributed by atoms with E-state index in [4.69, 9.17) is 20.5 Å². The molecule has 0 aliphatic heterocycles. The molecule has 0 spiro atoms. The van der Waals surface area contributed by atoms with E-state index in [1.807, 2.05) is 0 Å². The number of hydrogen-bond acceptors (Lipinski definition) is 4. The van der Waals surface area contributed by atoms with Gasteiger partial charge in [-0.1, -0.05) is 0 Å². The molecule has 7 heteroatoms. The molecule has 0 bridgehead atoms. The summed E-state index contributed by atoms with van der Waals surface area (Å²) in [5.41, 5.74) is -0.258. The maximum atomic E-state index is 11.1. The predicted molar refractivity (Wildman–Crippen MR) is 70.0 cm³/mol. The monoisotopic (exact) mass is 302 g/mol. The lowest BCUT2D eigenvalue weighted by Gasteiger charge is -2.08. The highest BCUT2D eigenvalue weighted by Crippen LogP contribution is 2.24. The fourth-order valence-electron chi connectivity index (χ4n) is 1.29. The van der Waals surface area contributed by atoms with Gasteiger partial charge in [0, 0.05) is 17.1 Å². The minimum Gasteiger partial charge on any atom is -0.492 e. The summed E-state index contributed by atoms with van der Waals surface area (Å²) >= 11 is 0. The first-order chi connectivity index (χ1) is 8.86. The van der Waals surface area contributed by atoms with Gasteiger partial charge < -0.3 is 9.84 Å². The Morgan fingerprint density at radius 1 is 1.47 bits per heavy atom. The van der Waals surface area contributed by atoms with Crippen LogP contribution >= 0.6 is 10.7 Å². The molecule has 0 saturated heterocycles. The fourth-order valence-corrected chi connectivity index (χ4v) is 2.07. The zero-order valence-electron chi connectivity index (χ0n) is 10.0. The van der Waals surface area contributed by atoms with Crippen LogP contribution in [0.2, 0.25) is 0 Å². The number of aromatic carboxylic acids is 1. The normalized spacial score (nSPS) is 10.4. The SMILES string of the molecule is CC#CCCOc1ccc(S(=O)(=O)Cl)cc1C(=O)O. The van der Waals surface area contributed by atoms with Crippen LogP contribution in [0.4, 0.5) is 0 Å². The maximum Gasteiger partial charge on any atom is 0.339 e. The summed E-state index contributed by atoms with van der Waals surface area (Å²) < 4.78 is 27.5. The Bertz CT molecular complexity index is 640. The Kier molecular flexibility index (Phi) is 5.21. The third-order valence-electron chi connectivity index (χ3n) is 2.12. The number of benzene rings is 1. The Morgan fingerprint density at radius 3 is 2.68 bits per heavy atom. The molecule has 0 radical (unpaired) electrons. The lowest BCUT2D eigenvalue weighted by atomic mass is 10.2. The van der Waals surface area contributed by atoms with Crippen molar-refractivity contribution in [2.24, 2.45) is 0 Å². The average Bonchev–Trinajstić information content (AvgIpc) is 2.33. The Morgan fingerprint density at radius 2 is 2.16 bits per heavy atom. The first-order valence-electron chi connectivity index (χ1n) is 5.20. The second-order valence-electron chi connectivity index (χ2n) is 3.43. The van der Waals surface area contributed by atoms with Crippen LogP contribution in [0.1, 0.15) is 23.7 Å². The molecule has 0 aliphatic rings. The van der Waals surface area contributed by atoms with Crippen LogP contribution in [0.15, 0.2) is 23.1 Å². The first kappa shape index (κ1) is 15.3. The van der Waals surface area contributed by atoms with Gasteiger partial charge in [0.15, 0.2) is 0 Å². The van der Waals surface area contributed by atoms with Crippen LogP contribution in [0.5, 0.6) is 5.75 Å². The number of rotatable bonds is 5. The summed E-state index contributed by atoms with van der Waals surface area (Å²) in [6.07, 6.45) is 0.450. The van der Waals surface area contributed by atoms with Crippen molar-refractivity contribution >= 4 is 25.7 Å². The maximum absolute atomic E-state index is 11.1. The van der Waals surface area contributed by atoms with E-state index in [0.29, 0.717) is 6.42 Å². The highest BCUT2D eigenvalue weighted by molar-refractivity contribution is 8.13. The third kappa shape index (κ3) is 4.47. The van der Waals surface area contributed by atoms with Crippen molar-refractivity contribution in [1.82, 2.24) is 0 Å². The van der Waals surface area contributed by atoms with E-state index in [2.05, 4.69) is 11.8 Å². The summed E-state index contributed by atoms with van der Waals surface area (Å²) in [6, 6.07) is 3.42. The van der Waals surface area contributed by atoms with Crippen LogP contribution in [-0.4, -0.2) is 26.1 Å². The van der Waals surface area contributed by atoms with Crippen molar-refractivity contribution in [3.63, 3.8) is 0 Å². The van der Waals surface area contributed by atoms with Crippen LogP contribution in [0, 0.1) is 11.8 Å². The molecule has 0 aromatic heterocycles. The number of carboxylic acids is 1. The number of halogens is 1. The van der Waals surface area contributed by atoms with E-state index >= 15 is 0 Å². The molecule has 0 fully saturated rings. The zero-order valence-corrected chi connectivity index (χ0v) is 11.6. The van der Waals surface area contributed by atoms with E-state index in [1.165, 1.54) is 12.1 Å². The molecule has 5 nitrogen and oxygen atoms in total. The standard InChI is InChI=1S/C12H11ClO5S/c1-2-3-4-7-18-11-6-5-9(19(13,16)17)8-10(11)12(14)15/h5-6,8H,4,7H2,1H3,(H,14,15). The van der Waals surface area contributed by atoms with Gasteiger partial charge in [0.1, 0.15) is 11.3 Å². The second-order valence-corrected chi connectivity index (χ2v) is 5.99. The molecule has 19 heavy (non-hydrogen) atoms. The van der Waals surface area contributed by atoms with E-state index in [0.717, 1.165) is 6.07 Å². The van der Waals surface area contributed by atoms with Gasteiger partial charge in [0.2, 0.25) is 0 Å². The smallest absolute Gasteiger partial charge is 0.339 e. The van der Waals surface area contributed by atoms with Crippen LogP contribution in [0.3, 0.4) is 0 Å². The van der Waals surface area contributed by atoms with Crippen molar-refractivity contribution in [3.05, 3.63) is 23.8 Å². The van der Waals surface area contributed by atoms with Crippen LogP contribution < -0.4 is 4.74 Å². The average molecular weight is 303 g/mol. The zero-order chi connectivity index (χ0) is 14.5. The van der Waals surface area contributed by atoms with Crippen molar-refractivity contribution in [1.29, 1.82) is 0 Å². The van der Waals surface area contributed by atoms with Crippen molar-refractivity contribution < 1.29 is 23.1 Å². The predicted octanol–water partition coefficient (Wildman–Crippen LogP) is 2.10. The number of carbonyl (C=O) groups is 1. The van der Waals surface area contributed by atoms with Crippen LogP contribution in [-0.2, 0) is 9.05 Å². The number of carboxylic acid groups (broad SMARTS) is 1. The Balaban J connectivity index is 3.04. The van der Waals surface area contributed by atoms with Gasteiger partial charge in [-0.25, -0.2) is 13.2 Å². The molecule has 0 saturated carbocycles. The summed E-state index contributed by atoms with van der Waals surface area (Å²) in [5.74, 6) is 4.23. The lowest BCUT2D eigenvalue weighted by Crippen LogP contribution is -2.05. The third-order valence-corrected chi connectivity index (χ3v) is 3.48. The Labute approximate surface area is 115 Å². The molecular formula is C12H11ClO5S. The van der Waals surface area contributed by atoms with Gasteiger partial charge in [0.25, 0.3) is 9.05 Å². The van der Waals surface area contributed by atoms with Gasteiger partial charge in [-0.3, -0.25) is 0 Å². The van der Waals surface area contributed by atoms with Gasteiger partial charge >= 0.3 is 5.97 Å². The molecule has 102 valence electrons. The quantitative estimate of drug-likeness (QED) is 0.512. The molecule has 0 heterocycles. The number of ether oxygens (including phenoxy) is 1. The molecule has 0 amide bonds. The van der Waals surface area contributed by atoms with E-state index in [1.54, 1.807) is 6.92 Å². The topological polar surface area (TPSA) is 80.7 Å². The molecule has 1 rings (SSSR count). The molecular weight excluding hydrogens is 292 g/mol. The first-order valence-corrected chi connectivity index (χ1v) is 7.51. The molecule has 0 unspecified atom stereocenters. The molecule has 0 aliphatic carbocycles. The highest BCUT2D eigenvalue weighted by Gasteiger charge is 2.17. The van der Waals surface area contributed by atoms with E-state index < -0.39 is 15.0 Å². The molecule has 1 aromatic carbocycles. The minimum absolute atomic E-state index is 0.0782. The molecule has 0 atom stereocenters. The highest BCUT2D eigenvalue weighted by atomic mass is 35.7. The summed E-state index contributed by atoms with van der Waals surface area (Å²) in [4.78, 5) is 10.8. The Hall–Kier alpha value is -1.71. The number of hydrogen-bond donors (Lipinski definition) is 1. The second kappa shape index (κ2) is 6.45. The summed E-state index contributed by atoms with van der Waals surface area (Å²) in [6.45, 7) is 1.90. The van der Waals surface area contributed by atoms with Crippen LogP contribution in [0.25, 0.3) is 0 Å². The summed E-state index contributed by atoms with van der Waals surface area (Å²) in [7, 11) is 1.18. The molecule has 1 aromatic rings.